The molecule has 9 nitrogen and oxygen atoms in total. The largest absolute Gasteiger partial charge is 0.481 e. The van der Waals surface area contributed by atoms with Crippen LogP contribution in [-0.2, 0) is 6.54 Å². The molecule has 2 aromatic heterocycles. The van der Waals surface area contributed by atoms with Crippen LogP contribution in [0.25, 0.3) is 0 Å². The van der Waals surface area contributed by atoms with E-state index in [0.717, 1.165) is 5.56 Å². The molecule has 0 saturated carbocycles. The molecule has 2 rings (SSSR count). The molecule has 9 heteroatoms. The highest BCUT2D eigenvalue weighted by Gasteiger charge is 2.21. The second-order valence-corrected chi connectivity index (χ2v) is 4.18. The molecule has 0 aliphatic heterocycles. The Morgan fingerprint density at radius 2 is 2.24 bits per heavy atom. The molecule has 0 saturated heterocycles. The van der Waals surface area contributed by atoms with Gasteiger partial charge in [-0.1, -0.05) is 0 Å². The lowest BCUT2D eigenvalue weighted by Crippen LogP contribution is -2.09. The number of nitro groups is 1. The first-order valence-electron chi connectivity index (χ1n) is 6.02. The number of methoxy groups -OCH3 is 1. The number of nitrogens with two attached hydrogens (primary N) is 1. The molecule has 21 heavy (non-hydrogen) atoms. The van der Waals surface area contributed by atoms with E-state index >= 15 is 0 Å². The highest BCUT2D eigenvalue weighted by Crippen LogP contribution is 2.26. The van der Waals surface area contributed by atoms with Crippen molar-refractivity contribution in [1.82, 2.24) is 15.0 Å². The van der Waals surface area contributed by atoms with E-state index in [1.807, 2.05) is 0 Å². The van der Waals surface area contributed by atoms with Crippen LogP contribution in [0.1, 0.15) is 11.3 Å². The summed E-state index contributed by atoms with van der Waals surface area (Å²) in [6.07, 6.45) is 1.59. The van der Waals surface area contributed by atoms with Gasteiger partial charge in [-0.15, -0.1) is 0 Å². The number of anilines is 2. The summed E-state index contributed by atoms with van der Waals surface area (Å²) >= 11 is 0. The molecular formula is C12H14N6O3. The van der Waals surface area contributed by atoms with E-state index in [0.29, 0.717) is 12.4 Å². The van der Waals surface area contributed by atoms with Crippen LogP contribution in [0.2, 0.25) is 0 Å². The molecular weight excluding hydrogens is 276 g/mol. The molecule has 0 bridgehead atoms. The lowest BCUT2D eigenvalue weighted by atomic mass is 10.2. The van der Waals surface area contributed by atoms with Gasteiger partial charge in [-0.05, 0) is 18.6 Å². The van der Waals surface area contributed by atoms with Crippen molar-refractivity contribution in [3.8, 4) is 5.88 Å². The van der Waals surface area contributed by atoms with Gasteiger partial charge in [0.15, 0.2) is 0 Å². The number of hydrogen-bond donors (Lipinski definition) is 2. The van der Waals surface area contributed by atoms with Crippen LogP contribution < -0.4 is 15.8 Å². The Labute approximate surface area is 120 Å². The molecule has 0 fully saturated rings. The first kappa shape index (κ1) is 14.4. The van der Waals surface area contributed by atoms with Crippen molar-refractivity contribution in [1.29, 1.82) is 0 Å². The molecule has 0 aromatic carbocycles. The summed E-state index contributed by atoms with van der Waals surface area (Å²) in [5.41, 5.74) is 6.39. The zero-order valence-corrected chi connectivity index (χ0v) is 11.5. The smallest absolute Gasteiger partial charge is 0.332 e. The first-order chi connectivity index (χ1) is 10.0. The van der Waals surface area contributed by atoms with Crippen LogP contribution in [0.3, 0.4) is 0 Å². The predicted molar refractivity (Wildman–Crippen MR) is 76.0 cm³/mol. The molecule has 0 aliphatic rings. The quantitative estimate of drug-likeness (QED) is 0.622. The van der Waals surface area contributed by atoms with Crippen molar-refractivity contribution in [2.24, 2.45) is 0 Å². The number of nitrogens with zero attached hydrogens (tertiary/aromatic N) is 4. The van der Waals surface area contributed by atoms with Gasteiger partial charge in [0.05, 0.1) is 12.0 Å². The van der Waals surface area contributed by atoms with Crippen molar-refractivity contribution >= 4 is 17.5 Å². The highest BCUT2D eigenvalue weighted by atomic mass is 16.6. The number of ether oxygens (including phenoxy) is 1. The molecule has 2 aromatic rings. The van der Waals surface area contributed by atoms with E-state index in [-0.39, 0.29) is 23.1 Å². The summed E-state index contributed by atoms with van der Waals surface area (Å²) < 4.78 is 5.01. The summed E-state index contributed by atoms with van der Waals surface area (Å²) in [6.45, 7) is 1.83. The monoisotopic (exact) mass is 290 g/mol. The third-order valence-corrected chi connectivity index (χ3v) is 2.73. The van der Waals surface area contributed by atoms with Crippen LogP contribution in [-0.4, -0.2) is 27.0 Å². The van der Waals surface area contributed by atoms with E-state index < -0.39 is 4.92 Å². The minimum atomic E-state index is -0.537. The maximum atomic E-state index is 11.1. The molecule has 0 radical (unpaired) electrons. The molecule has 0 amide bonds. The minimum Gasteiger partial charge on any atom is -0.481 e. The fraction of sp³-hybridized carbons (Fsp3) is 0.250. The van der Waals surface area contributed by atoms with Gasteiger partial charge < -0.3 is 15.8 Å². The molecule has 110 valence electrons. The van der Waals surface area contributed by atoms with Gasteiger partial charge in [0.1, 0.15) is 5.69 Å². The van der Waals surface area contributed by atoms with Crippen molar-refractivity contribution in [3.05, 3.63) is 39.7 Å². The van der Waals surface area contributed by atoms with Crippen LogP contribution >= 0.6 is 0 Å². The average Bonchev–Trinajstić information content (AvgIpc) is 2.44. The number of nitrogens with one attached hydrogen (secondary N) is 1. The Hall–Kier alpha value is -2.97. The summed E-state index contributed by atoms with van der Waals surface area (Å²) in [6, 6.07) is 3.48. The summed E-state index contributed by atoms with van der Waals surface area (Å²) in [4.78, 5) is 22.2. The van der Waals surface area contributed by atoms with Gasteiger partial charge in [0.2, 0.25) is 17.6 Å². The number of pyridine rings is 1. The van der Waals surface area contributed by atoms with E-state index in [2.05, 4.69) is 20.3 Å². The van der Waals surface area contributed by atoms with Gasteiger partial charge in [-0.2, -0.15) is 4.98 Å². The molecule has 0 spiro atoms. The highest BCUT2D eigenvalue weighted by molar-refractivity contribution is 5.60. The number of hydrogen-bond acceptors (Lipinski definition) is 8. The zero-order chi connectivity index (χ0) is 15.4. The standard InChI is InChI=1S/C12H14N6O3/c1-7-10(18(19)20)11(17-12(13)16-7)15-6-8-3-4-14-9(5-8)21-2/h3-5H,6H2,1-2H3,(H3,13,15,16,17). The van der Waals surface area contributed by atoms with E-state index in [4.69, 9.17) is 10.5 Å². The third-order valence-electron chi connectivity index (χ3n) is 2.73. The van der Waals surface area contributed by atoms with Gasteiger partial charge in [0, 0.05) is 18.8 Å². The number of aryl methyl sites for hydroxylation is 1. The van der Waals surface area contributed by atoms with Crippen LogP contribution in [0.5, 0.6) is 5.88 Å². The maximum absolute atomic E-state index is 11.1. The maximum Gasteiger partial charge on any atom is 0.332 e. The third kappa shape index (κ3) is 3.32. The summed E-state index contributed by atoms with van der Waals surface area (Å²) in [7, 11) is 1.51. The second-order valence-electron chi connectivity index (χ2n) is 4.18. The van der Waals surface area contributed by atoms with Gasteiger partial charge >= 0.3 is 5.69 Å². The summed E-state index contributed by atoms with van der Waals surface area (Å²) in [5, 5.41) is 14.0. The predicted octanol–water partition coefficient (Wildman–Crippen LogP) is 1.29. The topological polar surface area (TPSA) is 129 Å². The normalized spacial score (nSPS) is 10.2. The Morgan fingerprint density at radius 3 is 2.90 bits per heavy atom. The van der Waals surface area contributed by atoms with Gasteiger partial charge in [0.25, 0.3) is 0 Å². The Kier molecular flexibility index (Phi) is 4.12. The number of rotatable bonds is 5. The van der Waals surface area contributed by atoms with Crippen molar-refractivity contribution in [2.45, 2.75) is 13.5 Å². The lowest BCUT2D eigenvalue weighted by Gasteiger charge is -2.08. The number of nitrogen functional groups attached to an aromatic ring is 1. The Morgan fingerprint density at radius 1 is 1.48 bits per heavy atom. The molecule has 0 unspecified atom stereocenters. The molecule has 0 aliphatic carbocycles. The van der Waals surface area contributed by atoms with Crippen LogP contribution in [0.4, 0.5) is 17.5 Å². The zero-order valence-electron chi connectivity index (χ0n) is 11.5. The SMILES string of the molecule is COc1cc(CNc2nc(N)nc(C)c2[N+](=O)[O-])ccn1. The minimum absolute atomic E-state index is 0.0205. The van der Waals surface area contributed by atoms with Crippen molar-refractivity contribution in [2.75, 3.05) is 18.2 Å². The van der Waals surface area contributed by atoms with Crippen LogP contribution in [0, 0.1) is 17.0 Å². The van der Waals surface area contributed by atoms with Crippen molar-refractivity contribution in [3.63, 3.8) is 0 Å². The molecule has 3 N–H and O–H groups in total. The molecule has 0 atom stereocenters. The van der Waals surface area contributed by atoms with Crippen LogP contribution in [0.15, 0.2) is 18.3 Å². The van der Waals surface area contributed by atoms with Crippen molar-refractivity contribution < 1.29 is 9.66 Å². The average molecular weight is 290 g/mol. The molecule has 2 heterocycles. The fourth-order valence-electron chi connectivity index (χ4n) is 1.79. The van der Waals surface area contributed by atoms with E-state index in [9.17, 15) is 10.1 Å². The van der Waals surface area contributed by atoms with Gasteiger partial charge in [-0.25, -0.2) is 9.97 Å². The Bertz CT molecular complexity index is 676. The lowest BCUT2D eigenvalue weighted by molar-refractivity contribution is -0.385. The number of aromatic nitrogens is 3. The van der Waals surface area contributed by atoms with E-state index in [1.165, 1.54) is 14.0 Å². The van der Waals surface area contributed by atoms with E-state index in [1.54, 1.807) is 18.3 Å². The second kappa shape index (κ2) is 5.99. The van der Waals surface area contributed by atoms with Gasteiger partial charge in [-0.3, -0.25) is 10.1 Å². The summed E-state index contributed by atoms with van der Waals surface area (Å²) in [5.74, 6) is 0.524. The Balaban J connectivity index is 2.25. The fourth-order valence-corrected chi connectivity index (χ4v) is 1.79. The first-order valence-corrected chi connectivity index (χ1v) is 6.02.